The number of para-hydroxylation sites is 1. The second kappa shape index (κ2) is 11.2. The summed E-state index contributed by atoms with van der Waals surface area (Å²) in [5.74, 6) is 0.251. The van der Waals surface area contributed by atoms with Crippen molar-refractivity contribution < 1.29 is 22.7 Å². The van der Waals surface area contributed by atoms with Crippen LogP contribution in [0.3, 0.4) is 0 Å². The van der Waals surface area contributed by atoms with Gasteiger partial charge in [0.15, 0.2) is 5.17 Å². The largest absolute Gasteiger partial charge is 0.573 e. The van der Waals surface area contributed by atoms with Gasteiger partial charge in [-0.2, -0.15) is 5.10 Å². The molecule has 0 aliphatic carbocycles. The van der Waals surface area contributed by atoms with Gasteiger partial charge in [-0.3, -0.25) is 14.1 Å². The molecule has 1 fully saturated rings. The van der Waals surface area contributed by atoms with Gasteiger partial charge in [0.05, 0.1) is 29.0 Å². The minimum Gasteiger partial charge on any atom is -0.406 e. The quantitative estimate of drug-likeness (QED) is 0.146. The Balaban J connectivity index is 1.28. The maximum absolute atomic E-state index is 12.7. The number of thioether (sulfide) groups is 1. The number of anilines is 1. The van der Waals surface area contributed by atoms with Crippen LogP contribution in [0.15, 0.2) is 89.2 Å². The van der Waals surface area contributed by atoms with E-state index >= 15 is 0 Å². The van der Waals surface area contributed by atoms with Crippen LogP contribution in [0, 0.1) is 6.92 Å². The fourth-order valence-corrected chi connectivity index (χ4v) is 6.01. The van der Waals surface area contributed by atoms with Crippen LogP contribution in [-0.2, 0) is 4.79 Å². The molecule has 6 rings (SSSR count). The molecular formula is C32H26F3N5O2S. The zero-order valence-corrected chi connectivity index (χ0v) is 24.3. The SMILES string of the molecule is Cc1nc2c3ccc(/C=N\N=C4/SCC(=O)N4c4ccccc4C(C)C)cc3ccn2c1-c1ccc(OC(F)(F)F)cc1. The molecule has 218 valence electrons. The highest BCUT2D eigenvalue weighted by Crippen LogP contribution is 2.34. The van der Waals surface area contributed by atoms with E-state index in [0.717, 1.165) is 50.2 Å². The molecule has 0 unspecified atom stereocenters. The number of amidine groups is 1. The van der Waals surface area contributed by atoms with Crippen LogP contribution in [-0.4, -0.2) is 38.8 Å². The number of fused-ring (bicyclic) bond motifs is 3. The van der Waals surface area contributed by atoms with E-state index in [2.05, 4.69) is 28.8 Å². The van der Waals surface area contributed by atoms with Crippen LogP contribution in [0.5, 0.6) is 5.75 Å². The van der Waals surface area contributed by atoms with Gasteiger partial charge in [-0.25, -0.2) is 4.98 Å². The topological polar surface area (TPSA) is 71.6 Å². The minimum absolute atomic E-state index is 0.0262. The van der Waals surface area contributed by atoms with Gasteiger partial charge in [-0.1, -0.05) is 49.9 Å². The average Bonchev–Trinajstić information content (AvgIpc) is 3.51. The lowest BCUT2D eigenvalue weighted by molar-refractivity contribution is -0.274. The van der Waals surface area contributed by atoms with Gasteiger partial charge in [0.25, 0.3) is 0 Å². The van der Waals surface area contributed by atoms with E-state index in [0.29, 0.717) is 10.9 Å². The van der Waals surface area contributed by atoms with Crippen LogP contribution in [0.4, 0.5) is 18.9 Å². The average molecular weight is 602 g/mol. The number of hydrogen-bond donors (Lipinski definition) is 0. The van der Waals surface area contributed by atoms with Crippen LogP contribution in [0.1, 0.15) is 36.6 Å². The maximum atomic E-state index is 12.7. The van der Waals surface area contributed by atoms with E-state index in [4.69, 9.17) is 4.98 Å². The number of alkyl halides is 3. The first kappa shape index (κ1) is 28.5. The van der Waals surface area contributed by atoms with Gasteiger partial charge in [-0.15, -0.1) is 18.3 Å². The number of carbonyl (C=O) groups is 1. The lowest BCUT2D eigenvalue weighted by atomic mass is 10.0. The highest BCUT2D eigenvalue weighted by atomic mass is 32.2. The molecule has 1 aliphatic rings. The van der Waals surface area contributed by atoms with Crippen LogP contribution >= 0.6 is 11.8 Å². The van der Waals surface area contributed by atoms with Crippen LogP contribution < -0.4 is 9.64 Å². The highest BCUT2D eigenvalue weighted by Gasteiger charge is 2.32. The summed E-state index contributed by atoms with van der Waals surface area (Å²) >= 11 is 1.36. The summed E-state index contributed by atoms with van der Waals surface area (Å²) in [4.78, 5) is 19.2. The van der Waals surface area contributed by atoms with Gasteiger partial charge in [0, 0.05) is 17.1 Å². The Morgan fingerprint density at radius 1 is 1.05 bits per heavy atom. The number of aryl methyl sites for hydroxylation is 1. The van der Waals surface area contributed by atoms with Crippen molar-refractivity contribution >= 4 is 51.2 Å². The van der Waals surface area contributed by atoms with E-state index in [1.807, 2.05) is 66.1 Å². The van der Waals surface area contributed by atoms with E-state index in [9.17, 15) is 18.0 Å². The first-order valence-electron chi connectivity index (χ1n) is 13.5. The summed E-state index contributed by atoms with van der Waals surface area (Å²) in [6.45, 7) is 6.05. The van der Waals surface area contributed by atoms with E-state index in [1.165, 1.54) is 23.9 Å². The van der Waals surface area contributed by atoms with Crippen molar-refractivity contribution in [2.75, 3.05) is 10.7 Å². The molecule has 11 heteroatoms. The molecular weight excluding hydrogens is 575 g/mol. The molecule has 0 radical (unpaired) electrons. The van der Waals surface area contributed by atoms with Crippen molar-refractivity contribution in [3.05, 3.63) is 95.8 Å². The molecule has 0 spiro atoms. The number of benzene rings is 3. The lowest BCUT2D eigenvalue weighted by Crippen LogP contribution is -2.30. The molecule has 0 saturated carbocycles. The molecule has 3 heterocycles. The van der Waals surface area contributed by atoms with Crippen LogP contribution in [0.25, 0.3) is 27.7 Å². The Labute approximate surface area is 249 Å². The summed E-state index contributed by atoms with van der Waals surface area (Å²) in [6, 6.07) is 21.4. The zero-order valence-electron chi connectivity index (χ0n) is 23.5. The van der Waals surface area contributed by atoms with E-state index < -0.39 is 6.36 Å². The molecule has 1 saturated heterocycles. The van der Waals surface area contributed by atoms with Crippen molar-refractivity contribution in [1.29, 1.82) is 0 Å². The van der Waals surface area contributed by atoms with E-state index in [1.54, 1.807) is 23.2 Å². The third-order valence-electron chi connectivity index (χ3n) is 7.08. The Hall–Kier alpha value is -4.64. The Bertz CT molecular complexity index is 1910. The Morgan fingerprint density at radius 2 is 1.81 bits per heavy atom. The monoisotopic (exact) mass is 601 g/mol. The van der Waals surface area contributed by atoms with Gasteiger partial charge >= 0.3 is 6.36 Å². The summed E-state index contributed by atoms with van der Waals surface area (Å²) in [7, 11) is 0. The molecule has 0 N–H and O–H groups in total. The molecule has 1 aliphatic heterocycles. The predicted octanol–water partition coefficient (Wildman–Crippen LogP) is 7.95. The molecule has 3 aromatic carbocycles. The maximum Gasteiger partial charge on any atom is 0.573 e. The smallest absolute Gasteiger partial charge is 0.406 e. The molecule has 0 atom stereocenters. The summed E-state index contributed by atoms with van der Waals surface area (Å²) in [6.07, 6.45) is -1.21. The van der Waals surface area contributed by atoms with Crippen molar-refractivity contribution in [2.24, 2.45) is 10.2 Å². The number of amides is 1. The molecule has 43 heavy (non-hydrogen) atoms. The summed E-state index contributed by atoms with van der Waals surface area (Å²) in [5, 5.41) is 11.1. The standard InChI is InChI=1S/C32H26F3N5O2S/c1-19(2)25-6-4-5-7-27(25)40-28(41)18-43-31(40)38-36-17-21-8-13-26-23(16-21)14-15-39-29(20(3)37-30(26)39)22-9-11-24(12-10-22)42-32(33,34)35/h4-17,19H,18H2,1-3H3/b36-17-,38-31-. The van der Waals surface area contributed by atoms with Gasteiger partial charge in [0.2, 0.25) is 5.91 Å². The number of imidazole rings is 1. The number of hydrogen-bond acceptors (Lipinski definition) is 6. The number of carbonyl (C=O) groups excluding carboxylic acids is 1. The normalized spacial score (nSPS) is 15.2. The lowest BCUT2D eigenvalue weighted by Gasteiger charge is -2.20. The molecule has 7 nitrogen and oxygen atoms in total. The minimum atomic E-state index is -4.75. The molecule has 0 bridgehead atoms. The number of halogens is 3. The number of pyridine rings is 1. The third kappa shape index (κ3) is 5.72. The van der Waals surface area contributed by atoms with Crippen molar-refractivity contribution in [3.8, 4) is 17.0 Å². The Morgan fingerprint density at radius 3 is 2.56 bits per heavy atom. The number of nitrogens with zero attached hydrogens (tertiary/aromatic N) is 5. The first-order chi connectivity index (χ1) is 20.6. The molecule has 2 aromatic heterocycles. The third-order valence-corrected chi connectivity index (χ3v) is 8.00. The molecule has 1 amide bonds. The van der Waals surface area contributed by atoms with Crippen molar-refractivity contribution in [3.63, 3.8) is 0 Å². The summed E-state index contributed by atoms with van der Waals surface area (Å²) in [5.41, 5.74) is 5.69. The van der Waals surface area contributed by atoms with Gasteiger partial charge in [0.1, 0.15) is 11.4 Å². The fourth-order valence-electron chi connectivity index (χ4n) is 5.20. The highest BCUT2D eigenvalue weighted by molar-refractivity contribution is 8.15. The number of aromatic nitrogens is 2. The van der Waals surface area contributed by atoms with Gasteiger partial charge in [-0.05, 0) is 77.9 Å². The summed E-state index contributed by atoms with van der Waals surface area (Å²) < 4.78 is 43.6. The Kier molecular flexibility index (Phi) is 7.43. The van der Waals surface area contributed by atoms with Gasteiger partial charge < -0.3 is 4.74 Å². The molecule has 5 aromatic rings. The number of ether oxygens (including phenoxy) is 1. The van der Waals surface area contributed by atoms with E-state index in [-0.39, 0.29) is 17.6 Å². The van der Waals surface area contributed by atoms with Crippen molar-refractivity contribution in [2.45, 2.75) is 33.1 Å². The number of rotatable bonds is 6. The second-order valence-corrected chi connectivity index (χ2v) is 11.3. The zero-order chi connectivity index (χ0) is 30.3. The fraction of sp³-hybridized carbons (Fsp3) is 0.188. The first-order valence-corrected chi connectivity index (χ1v) is 14.5. The predicted molar refractivity (Wildman–Crippen MR) is 165 cm³/mol. The second-order valence-electron chi connectivity index (χ2n) is 10.3. The van der Waals surface area contributed by atoms with Crippen molar-refractivity contribution in [1.82, 2.24) is 9.38 Å². The van der Waals surface area contributed by atoms with Crippen LogP contribution in [0.2, 0.25) is 0 Å².